The normalized spacial score (nSPS) is 16.5. The molecule has 3 heterocycles. The summed E-state index contributed by atoms with van der Waals surface area (Å²) in [5.41, 5.74) is 0.398. The molecular weight excluding hydrogens is 346 g/mol. The predicted molar refractivity (Wildman–Crippen MR) is 96.2 cm³/mol. The summed E-state index contributed by atoms with van der Waals surface area (Å²) in [5, 5.41) is 3.10. The SMILES string of the molecule is CC(C)(CCl)C(=O)N1CCN(Cc2nc(-c3ccco3)cs2)CC1. The number of alkyl halides is 1. The molecule has 0 aromatic carbocycles. The lowest BCUT2D eigenvalue weighted by Gasteiger charge is -2.37. The van der Waals surface area contributed by atoms with Crippen LogP contribution in [0.2, 0.25) is 0 Å². The molecule has 7 heteroatoms. The first-order valence-corrected chi connectivity index (χ1v) is 9.47. The molecule has 3 rings (SSSR count). The van der Waals surface area contributed by atoms with E-state index < -0.39 is 5.41 Å². The maximum Gasteiger partial charge on any atom is 0.229 e. The highest BCUT2D eigenvalue weighted by atomic mass is 35.5. The van der Waals surface area contributed by atoms with Crippen LogP contribution >= 0.6 is 22.9 Å². The Morgan fingerprint density at radius 3 is 2.75 bits per heavy atom. The lowest BCUT2D eigenvalue weighted by atomic mass is 9.94. The van der Waals surface area contributed by atoms with E-state index in [0.717, 1.165) is 49.2 Å². The van der Waals surface area contributed by atoms with Crippen molar-refractivity contribution in [3.8, 4) is 11.5 Å². The highest BCUT2D eigenvalue weighted by molar-refractivity contribution is 7.09. The van der Waals surface area contributed by atoms with Crippen LogP contribution in [0.5, 0.6) is 0 Å². The van der Waals surface area contributed by atoms with Gasteiger partial charge in [-0.05, 0) is 26.0 Å². The molecule has 0 bridgehead atoms. The van der Waals surface area contributed by atoms with Gasteiger partial charge in [0.15, 0.2) is 5.76 Å². The standard InChI is InChI=1S/C17H22ClN3O2S/c1-17(2,12-18)16(22)21-7-5-20(6-8-21)10-15-19-13(11-24-15)14-4-3-9-23-14/h3-4,9,11H,5-8,10,12H2,1-2H3. The fourth-order valence-electron chi connectivity index (χ4n) is 2.71. The number of carbonyl (C=O) groups is 1. The molecule has 1 fully saturated rings. The Morgan fingerprint density at radius 1 is 1.38 bits per heavy atom. The van der Waals surface area contributed by atoms with Crippen LogP contribution in [0.4, 0.5) is 0 Å². The van der Waals surface area contributed by atoms with Crippen LogP contribution < -0.4 is 0 Å². The summed E-state index contributed by atoms with van der Waals surface area (Å²) in [6.07, 6.45) is 1.66. The number of nitrogens with zero attached hydrogens (tertiary/aromatic N) is 3. The molecular formula is C17H22ClN3O2S. The highest BCUT2D eigenvalue weighted by Gasteiger charge is 2.33. The molecule has 2 aromatic heterocycles. The van der Waals surface area contributed by atoms with Crippen LogP contribution in [-0.2, 0) is 11.3 Å². The number of aromatic nitrogens is 1. The summed E-state index contributed by atoms with van der Waals surface area (Å²) in [6.45, 7) is 7.83. The van der Waals surface area contributed by atoms with E-state index in [9.17, 15) is 4.79 Å². The molecule has 1 amide bonds. The molecule has 130 valence electrons. The smallest absolute Gasteiger partial charge is 0.229 e. The second-order valence-electron chi connectivity index (χ2n) is 6.69. The van der Waals surface area contributed by atoms with Gasteiger partial charge < -0.3 is 9.32 Å². The van der Waals surface area contributed by atoms with Gasteiger partial charge in [-0.2, -0.15) is 0 Å². The maximum atomic E-state index is 12.5. The minimum absolute atomic E-state index is 0.145. The van der Waals surface area contributed by atoms with Crippen molar-refractivity contribution in [2.45, 2.75) is 20.4 Å². The molecule has 0 unspecified atom stereocenters. The number of thiazole rings is 1. The van der Waals surface area contributed by atoms with Crippen molar-refractivity contribution >= 4 is 28.8 Å². The third-order valence-electron chi connectivity index (χ3n) is 4.26. The van der Waals surface area contributed by atoms with Crippen LogP contribution in [0.1, 0.15) is 18.9 Å². The molecule has 0 aliphatic carbocycles. The van der Waals surface area contributed by atoms with Gasteiger partial charge in [0.25, 0.3) is 0 Å². The van der Waals surface area contributed by atoms with Gasteiger partial charge in [-0.1, -0.05) is 0 Å². The van der Waals surface area contributed by atoms with Gasteiger partial charge in [0.2, 0.25) is 5.91 Å². The molecule has 1 aliphatic heterocycles. The summed E-state index contributed by atoms with van der Waals surface area (Å²) in [4.78, 5) is 21.4. The average molecular weight is 368 g/mol. The molecule has 0 saturated carbocycles. The van der Waals surface area contributed by atoms with Crippen molar-refractivity contribution in [1.82, 2.24) is 14.8 Å². The first kappa shape index (κ1) is 17.5. The number of piperazine rings is 1. The van der Waals surface area contributed by atoms with E-state index in [-0.39, 0.29) is 5.91 Å². The van der Waals surface area contributed by atoms with E-state index in [2.05, 4.69) is 9.88 Å². The molecule has 2 aromatic rings. The van der Waals surface area contributed by atoms with Gasteiger partial charge in [0.1, 0.15) is 10.7 Å². The van der Waals surface area contributed by atoms with Gasteiger partial charge >= 0.3 is 0 Å². The Morgan fingerprint density at radius 2 is 2.12 bits per heavy atom. The Hall–Kier alpha value is -1.37. The molecule has 5 nitrogen and oxygen atoms in total. The third kappa shape index (κ3) is 3.82. The highest BCUT2D eigenvalue weighted by Crippen LogP contribution is 2.24. The van der Waals surface area contributed by atoms with Crippen molar-refractivity contribution in [2.24, 2.45) is 5.41 Å². The molecule has 0 atom stereocenters. The summed E-state index contributed by atoms with van der Waals surface area (Å²) >= 11 is 7.56. The Balaban J connectivity index is 1.53. The van der Waals surface area contributed by atoms with E-state index in [0.29, 0.717) is 5.88 Å². The molecule has 1 saturated heterocycles. The van der Waals surface area contributed by atoms with E-state index in [1.54, 1.807) is 17.6 Å². The van der Waals surface area contributed by atoms with Crippen LogP contribution in [0.15, 0.2) is 28.2 Å². The Bertz CT molecular complexity index is 676. The number of hydrogen-bond donors (Lipinski definition) is 0. The average Bonchev–Trinajstić information content (AvgIpc) is 3.26. The van der Waals surface area contributed by atoms with Crippen molar-refractivity contribution in [1.29, 1.82) is 0 Å². The quantitative estimate of drug-likeness (QED) is 0.761. The van der Waals surface area contributed by atoms with E-state index in [1.807, 2.05) is 36.3 Å². The third-order valence-corrected chi connectivity index (χ3v) is 5.76. The number of amides is 1. The topological polar surface area (TPSA) is 49.6 Å². The predicted octanol–water partition coefficient (Wildman–Crippen LogP) is 3.31. The molecule has 0 spiro atoms. The second kappa shape index (κ2) is 7.25. The zero-order valence-electron chi connectivity index (χ0n) is 14.0. The summed E-state index contributed by atoms with van der Waals surface area (Å²) in [7, 11) is 0. The zero-order valence-corrected chi connectivity index (χ0v) is 15.6. The van der Waals surface area contributed by atoms with Crippen molar-refractivity contribution in [3.05, 3.63) is 28.8 Å². The summed E-state index contributed by atoms with van der Waals surface area (Å²) in [5.74, 6) is 1.29. The molecule has 1 aliphatic rings. The van der Waals surface area contributed by atoms with Gasteiger partial charge in [-0.25, -0.2) is 4.98 Å². The van der Waals surface area contributed by atoms with Crippen molar-refractivity contribution < 1.29 is 9.21 Å². The number of rotatable bonds is 5. The van der Waals surface area contributed by atoms with Gasteiger partial charge in [-0.3, -0.25) is 9.69 Å². The van der Waals surface area contributed by atoms with Crippen LogP contribution in [0.3, 0.4) is 0 Å². The first-order valence-electron chi connectivity index (χ1n) is 8.05. The molecule has 24 heavy (non-hydrogen) atoms. The fraction of sp³-hybridized carbons (Fsp3) is 0.529. The van der Waals surface area contributed by atoms with Crippen molar-refractivity contribution in [2.75, 3.05) is 32.1 Å². The number of halogens is 1. The lowest BCUT2D eigenvalue weighted by Crippen LogP contribution is -2.52. The first-order chi connectivity index (χ1) is 11.5. The molecule has 0 radical (unpaired) electrons. The number of furan rings is 1. The molecule has 0 N–H and O–H groups in total. The van der Waals surface area contributed by atoms with Crippen molar-refractivity contribution in [3.63, 3.8) is 0 Å². The minimum atomic E-state index is -0.489. The fourth-order valence-corrected chi connectivity index (χ4v) is 3.65. The summed E-state index contributed by atoms with van der Waals surface area (Å²) in [6, 6.07) is 3.79. The van der Waals surface area contributed by atoms with E-state index >= 15 is 0 Å². The largest absolute Gasteiger partial charge is 0.463 e. The van der Waals surface area contributed by atoms with E-state index in [1.165, 1.54) is 0 Å². The van der Waals surface area contributed by atoms with Crippen LogP contribution in [0.25, 0.3) is 11.5 Å². The van der Waals surface area contributed by atoms with Crippen LogP contribution in [-0.4, -0.2) is 52.8 Å². The Kier molecular flexibility index (Phi) is 5.27. The maximum absolute atomic E-state index is 12.5. The van der Waals surface area contributed by atoms with E-state index in [4.69, 9.17) is 16.0 Å². The second-order valence-corrected chi connectivity index (χ2v) is 7.90. The Labute approximate surface area is 151 Å². The number of hydrogen-bond acceptors (Lipinski definition) is 5. The van der Waals surface area contributed by atoms with Gasteiger partial charge in [0, 0.05) is 37.4 Å². The van der Waals surface area contributed by atoms with Gasteiger partial charge in [0.05, 0.1) is 18.2 Å². The minimum Gasteiger partial charge on any atom is -0.463 e. The lowest BCUT2D eigenvalue weighted by molar-refractivity contribution is -0.141. The summed E-state index contributed by atoms with van der Waals surface area (Å²) < 4.78 is 5.38. The monoisotopic (exact) mass is 367 g/mol. The number of carbonyl (C=O) groups excluding carboxylic acids is 1. The van der Waals surface area contributed by atoms with Gasteiger partial charge in [-0.15, -0.1) is 22.9 Å². The van der Waals surface area contributed by atoms with Crippen LogP contribution in [0, 0.1) is 5.41 Å². The zero-order chi connectivity index (χ0) is 17.2.